The summed E-state index contributed by atoms with van der Waals surface area (Å²) in [7, 11) is 0. The minimum atomic E-state index is -0.416. The van der Waals surface area contributed by atoms with Gasteiger partial charge in [0, 0.05) is 6.54 Å². The molecule has 0 aromatic carbocycles. The summed E-state index contributed by atoms with van der Waals surface area (Å²) in [5.74, 6) is 0. The number of nitrogens with one attached hydrogen (secondary N) is 1. The predicted molar refractivity (Wildman–Crippen MR) is 77.0 cm³/mol. The fraction of sp³-hybridized carbons (Fsp3) is 0.929. The molecule has 0 aliphatic rings. The Hall–Kier alpha value is -0.440. The smallest absolute Gasteiger partial charge is 0.408 e. The Balaban J connectivity index is 3.01. The number of rotatable bonds is 12. The van der Waals surface area contributed by atoms with Crippen molar-refractivity contribution >= 4 is 17.7 Å². The van der Waals surface area contributed by atoms with Crippen LogP contribution in [0, 0.1) is 0 Å². The molecule has 0 heterocycles. The van der Waals surface area contributed by atoms with Crippen molar-refractivity contribution in [3.8, 4) is 0 Å². The predicted octanol–water partition coefficient (Wildman–Crippen LogP) is 4.83. The van der Waals surface area contributed by atoms with Crippen molar-refractivity contribution < 1.29 is 9.53 Å². The van der Waals surface area contributed by atoms with E-state index in [1.165, 1.54) is 57.8 Å². The van der Waals surface area contributed by atoms with Crippen molar-refractivity contribution in [2.45, 2.75) is 71.1 Å². The molecule has 18 heavy (non-hydrogen) atoms. The summed E-state index contributed by atoms with van der Waals surface area (Å²) in [5, 5.41) is 2.66. The third kappa shape index (κ3) is 13.6. The van der Waals surface area contributed by atoms with Crippen molar-refractivity contribution in [3.63, 3.8) is 0 Å². The van der Waals surface area contributed by atoms with Crippen molar-refractivity contribution in [2.75, 3.05) is 12.6 Å². The molecule has 1 N–H and O–H groups in total. The van der Waals surface area contributed by atoms with Gasteiger partial charge in [0.1, 0.15) is 0 Å². The molecule has 3 nitrogen and oxygen atoms in total. The number of alkyl halides is 1. The van der Waals surface area contributed by atoms with E-state index >= 15 is 0 Å². The lowest BCUT2D eigenvalue weighted by molar-refractivity contribution is 0.164. The molecule has 0 fully saturated rings. The summed E-state index contributed by atoms with van der Waals surface area (Å²) in [4.78, 5) is 10.9. The third-order valence-corrected chi connectivity index (χ3v) is 3.09. The number of carbonyl (C=O) groups is 1. The lowest BCUT2D eigenvalue weighted by atomic mass is 10.1. The zero-order valence-corrected chi connectivity index (χ0v) is 12.4. The summed E-state index contributed by atoms with van der Waals surface area (Å²) < 4.78 is 4.55. The average molecular weight is 278 g/mol. The van der Waals surface area contributed by atoms with E-state index in [1.807, 2.05) is 0 Å². The van der Waals surface area contributed by atoms with Gasteiger partial charge in [-0.3, -0.25) is 0 Å². The highest BCUT2D eigenvalue weighted by atomic mass is 35.5. The molecule has 0 bridgehead atoms. The van der Waals surface area contributed by atoms with Crippen LogP contribution in [-0.4, -0.2) is 18.7 Å². The van der Waals surface area contributed by atoms with Crippen molar-refractivity contribution in [3.05, 3.63) is 0 Å². The normalized spacial score (nSPS) is 10.3. The van der Waals surface area contributed by atoms with E-state index in [1.54, 1.807) is 0 Å². The van der Waals surface area contributed by atoms with Gasteiger partial charge in [-0.15, -0.1) is 0 Å². The number of halogens is 1. The van der Waals surface area contributed by atoms with Crippen LogP contribution in [0.15, 0.2) is 0 Å². The van der Waals surface area contributed by atoms with Crippen LogP contribution >= 0.6 is 11.6 Å². The highest BCUT2D eigenvalue weighted by molar-refractivity contribution is 6.17. The van der Waals surface area contributed by atoms with Gasteiger partial charge in [-0.25, -0.2) is 4.79 Å². The van der Waals surface area contributed by atoms with E-state index in [-0.39, 0.29) is 6.07 Å². The van der Waals surface area contributed by atoms with Crippen LogP contribution in [0.5, 0.6) is 0 Å². The number of amides is 1. The molecule has 0 saturated heterocycles. The number of hydrogen-bond donors (Lipinski definition) is 1. The first kappa shape index (κ1) is 17.6. The maximum atomic E-state index is 10.9. The molecule has 0 aromatic rings. The number of unbranched alkanes of at least 4 members (excludes halogenated alkanes) is 9. The zero-order chi connectivity index (χ0) is 13.5. The quantitative estimate of drug-likeness (QED) is 0.410. The number of alkyl carbamates (subject to hydrolysis) is 1. The molecule has 0 aliphatic carbocycles. The minimum absolute atomic E-state index is 0.0795. The minimum Gasteiger partial charge on any atom is -0.433 e. The van der Waals surface area contributed by atoms with Gasteiger partial charge in [0.05, 0.1) is 0 Å². The molecule has 0 radical (unpaired) electrons. The number of carbonyl (C=O) groups excluding carboxylic acids is 1. The number of ether oxygens (including phenoxy) is 1. The van der Waals surface area contributed by atoms with Crippen molar-refractivity contribution in [2.24, 2.45) is 0 Å². The summed E-state index contributed by atoms with van der Waals surface area (Å²) in [5.41, 5.74) is 0. The van der Waals surface area contributed by atoms with Gasteiger partial charge in [0.15, 0.2) is 6.07 Å². The van der Waals surface area contributed by atoms with E-state index in [4.69, 9.17) is 11.6 Å². The fourth-order valence-corrected chi connectivity index (χ4v) is 2.00. The summed E-state index contributed by atoms with van der Waals surface area (Å²) in [6.45, 7) is 2.93. The molecule has 1 amide bonds. The summed E-state index contributed by atoms with van der Waals surface area (Å²) >= 11 is 5.26. The van der Waals surface area contributed by atoms with Gasteiger partial charge < -0.3 is 10.1 Å². The molecule has 0 aromatic heterocycles. The van der Waals surface area contributed by atoms with Gasteiger partial charge in [-0.2, -0.15) is 0 Å². The second-order valence-electron chi connectivity index (χ2n) is 4.65. The molecule has 0 unspecified atom stereocenters. The Morgan fingerprint density at radius 2 is 1.44 bits per heavy atom. The van der Waals surface area contributed by atoms with E-state index in [0.29, 0.717) is 6.54 Å². The maximum absolute atomic E-state index is 10.9. The molecule has 0 atom stereocenters. The molecule has 108 valence electrons. The Kier molecular flexibility index (Phi) is 14.3. The van der Waals surface area contributed by atoms with Gasteiger partial charge in [-0.05, 0) is 6.42 Å². The van der Waals surface area contributed by atoms with Crippen LogP contribution in [0.1, 0.15) is 71.1 Å². The SMILES string of the molecule is CCCCCCCCCCCCNC(=O)OCCl. The summed E-state index contributed by atoms with van der Waals surface area (Å²) in [6.07, 6.45) is 12.6. The first-order chi connectivity index (χ1) is 8.81. The van der Waals surface area contributed by atoms with E-state index in [2.05, 4.69) is 17.0 Å². The Labute approximate surface area is 117 Å². The van der Waals surface area contributed by atoms with Gasteiger partial charge in [-0.1, -0.05) is 76.3 Å². The molecule has 0 rings (SSSR count). The Morgan fingerprint density at radius 1 is 0.944 bits per heavy atom. The second kappa shape index (κ2) is 14.6. The average Bonchev–Trinajstić information content (AvgIpc) is 2.36. The lowest BCUT2D eigenvalue weighted by Crippen LogP contribution is -2.24. The molecule has 4 heteroatoms. The van der Waals surface area contributed by atoms with Crippen LogP contribution in [0.2, 0.25) is 0 Å². The van der Waals surface area contributed by atoms with Crippen molar-refractivity contribution in [1.29, 1.82) is 0 Å². The Morgan fingerprint density at radius 3 is 1.94 bits per heavy atom. The third-order valence-electron chi connectivity index (χ3n) is 2.99. The zero-order valence-electron chi connectivity index (χ0n) is 11.7. The van der Waals surface area contributed by atoms with E-state index in [9.17, 15) is 4.79 Å². The number of hydrogen-bond acceptors (Lipinski definition) is 2. The monoisotopic (exact) mass is 277 g/mol. The van der Waals surface area contributed by atoms with Crippen molar-refractivity contribution in [1.82, 2.24) is 5.32 Å². The standard InChI is InChI=1S/C14H28ClNO2/c1-2-3-4-5-6-7-8-9-10-11-12-16-14(17)18-13-15/h2-13H2,1H3,(H,16,17). The maximum Gasteiger partial charge on any atom is 0.408 e. The van der Waals surface area contributed by atoms with Crippen LogP contribution in [0.4, 0.5) is 4.79 Å². The highest BCUT2D eigenvalue weighted by Gasteiger charge is 1.98. The van der Waals surface area contributed by atoms with Crippen LogP contribution in [-0.2, 0) is 4.74 Å². The van der Waals surface area contributed by atoms with Gasteiger partial charge in [0.2, 0.25) is 0 Å². The van der Waals surface area contributed by atoms with Gasteiger partial charge >= 0.3 is 6.09 Å². The molecule has 0 saturated carbocycles. The first-order valence-corrected chi connectivity index (χ1v) is 7.81. The largest absolute Gasteiger partial charge is 0.433 e. The fourth-order valence-electron chi connectivity index (χ4n) is 1.90. The molecule has 0 spiro atoms. The van der Waals surface area contributed by atoms with Gasteiger partial charge in [0.25, 0.3) is 0 Å². The van der Waals surface area contributed by atoms with Crippen LogP contribution < -0.4 is 5.32 Å². The second-order valence-corrected chi connectivity index (χ2v) is 4.87. The topological polar surface area (TPSA) is 38.3 Å². The Bertz CT molecular complexity index is 189. The van der Waals surface area contributed by atoms with Crippen LogP contribution in [0.3, 0.4) is 0 Å². The van der Waals surface area contributed by atoms with E-state index < -0.39 is 6.09 Å². The molecular weight excluding hydrogens is 250 g/mol. The molecular formula is C14H28ClNO2. The lowest BCUT2D eigenvalue weighted by Gasteiger charge is -2.04. The first-order valence-electron chi connectivity index (χ1n) is 7.27. The molecule has 0 aliphatic heterocycles. The summed E-state index contributed by atoms with van der Waals surface area (Å²) in [6, 6.07) is -0.0795. The van der Waals surface area contributed by atoms with E-state index in [0.717, 1.165) is 6.42 Å². The van der Waals surface area contributed by atoms with Crippen LogP contribution in [0.25, 0.3) is 0 Å². The highest BCUT2D eigenvalue weighted by Crippen LogP contribution is 2.10.